The van der Waals surface area contributed by atoms with Crippen LogP contribution in [0, 0.1) is 23.7 Å². The van der Waals surface area contributed by atoms with E-state index in [4.69, 9.17) is 0 Å². The van der Waals surface area contributed by atoms with Gasteiger partial charge in [0.2, 0.25) is 0 Å². The SMILES string of the molecule is O=C(c1ccccc1)[C@@H]1[C@@H]2CC[C@@H](C2)[C@@H]1C(=O)O. The second-order valence-electron chi connectivity index (χ2n) is 5.45. The van der Waals surface area contributed by atoms with Crippen molar-refractivity contribution in [3.05, 3.63) is 35.9 Å². The summed E-state index contributed by atoms with van der Waals surface area (Å²) < 4.78 is 0. The molecule has 2 bridgehead atoms. The zero-order valence-corrected chi connectivity index (χ0v) is 10.1. The van der Waals surface area contributed by atoms with Crippen LogP contribution in [0.5, 0.6) is 0 Å². The number of carboxylic acid groups (broad SMARTS) is 1. The van der Waals surface area contributed by atoms with Crippen molar-refractivity contribution in [2.75, 3.05) is 0 Å². The Bertz CT molecular complexity index is 480. The van der Waals surface area contributed by atoms with Gasteiger partial charge >= 0.3 is 5.97 Å². The second-order valence-corrected chi connectivity index (χ2v) is 5.45. The van der Waals surface area contributed by atoms with Gasteiger partial charge in [0.1, 0.15) is 0 Å². The number of carboxylic acids is 1. The lowest BCUT2D eigenvalue weighted by Gasteiger charge is -2.26. The standard InChI is InChI=1S/C15H16O3/c16-14(9-4-2-1-3-5-9)12-10-6-7-11(8-10)13(12)15(17)18/h1-5,10-13H,6-8H2,(H,17,18)/t10-,11+,12-,13+/m1/s1. The molecule has 0 heterocycles. The fourth-order valence-corrected chi connectivity index (χ4v) is 3.82. The third-order valence-electron chi connectivity index (χ3n) is 4.56. The monoisotopic (exact) mass is 244 g/mol. The highest BCUT2D eigenvalue weighted by Gasteiger charge is 2.53. The van der Waals surface area contributed by atoms with E-state index in [0.29, 0.717) is 5.56 Å². The van der Waals surface area contributed by atoms with Crippen molar-refractivity contribution in [3.63, 3.8) is 0 Å². The molecule has 2 saturated carbocycles. The molecule has 1 N–H and O–H groups in total. The molecule has 3 heteroatoms. The maximum Gasteiger partial charge on any atom is 0.307 e. The number of fused-ring (bicyclic) bond motifs is 2. The van der Waals surface area contributed by atoms with Gasteiger partial charge in [-0.2, -0.15) is 0 Å². The number of carbonyl (C=O) groups is 2. The van der Waals surface area contributed by atoms with Crippen molar-refractivity contribution in [2.45, 2.75) is 19.3 Å². The Kier molecular flexibility index (Phi) is 2.69. The molecule has 0 aromatic heterocycles. The lowest BCUT2D eigenvalue weighted by Crippen LogP contribution is -2.34. The van der Waals surface area contributed by atoms with E-state index in [1.165, 1.54) is 0 Å². The van der Waals surface area contributed by atoms with Crippen molar-refractivity contribution >= 4 is 11.8 Å². The Labute approximate surface area is 106 Å². The quantitative estimate of drug-likeness (QED) is 0.831. The summed E-state index contributed by atoms with van der Waals surface area (Å²) in [6.45, 7) is 0. The zero-order chi connectivity index (χ0) is 12.7. The first-order valence-electron chi connectivity index (χ1n) is 6.50. The minimum Gasteiger partial charge on any atom is -0.481 e. The topological polar surface area (TPSA) is 54.4 Å². The highest BCUT2D eigenvalue weighted by Crippen LogP contribution is 2.53. The first kappa shape index (κ1) is 11.5. The first-order chi connectivity index (χ1) is 8.68. The molecule has 3 rings (SSSR count). The van der Waals surface area contributed by atoms with Crippen LogP contribution >= 0.6 is 0 Å². The molecule has 0 aliphatic heterocycles. The van der Waals surface area contributed by atoms with E-state index >= 15 is 0 Å². The Morgan fingerprint density at radius 3 is 2.22 bits per heavy atom. The number of rotatable bonds is 3. The third kappa shape index (κ3) is 1.65. The molecule has 0 spiro atoms. The van der Waals surface area contributed by atoms with Gasteiger partial charge in [0.25, 0.3) is 0 Å². The summed E-state index contributed by atoms with van der Waals surface area (Å²) in [5.74, 6) is -1.04. The number of aliphatic carboxylic acids is 1. The maximum atomic E-state index is 12.5. The van der Waals surface area contributed by atoms with Crippen LogP contribution in [0.2, 0.25) is 0 Å². The summed E-state index contributed by atoms with van der Waals surface area (Å²) in [5, 5.41) is 9.35. The third-order valence-corrected chi connectivity index (χ3v) is 4.56. The van der Waals surface area contributed by atoms with E-state index in [1.807, 2.05) is 18.2 Å². The molecule has 1 aromatic rings. The highest BCUT2D eigenvalue weighted by molar-refractivity contribution is 6.00. The lowest BCUT2D eigenvalue weighted by atomic mass is 9.75. The molecule has 0 amide bonds. The van der Waals surface area contributed by atoms with Crippen molar-refractivity contribution in [1.29, 1.82) is 0 Å². The molecule has 0 unspecified atom stereocenters. The van der Waals surface area contributed by atoms with Crippen LogP contribution in [-0.4, -0.2) is 16.9 Å². The van der Waals surface area contributed by atoms with Crippen LogP contribution in [0.25, 0.3) is 0 Å². The van der Waals surface area contributed by atoms with Crippen LogP contribution in [-0.2, 0) is 4.79 Å². The summed E-state index contributed by atoms with van der Waals surface area (Å²) in [5.41, 5.74) is 0.654. The van der Waals surface area contributed by atoms with Crippen molar-refractivity contribution in [2.24, 2.45) is 23.7 Å². The van der Waals surface area contributed by atoms with Gasteiger partial charge in [0.15, 0.2) is 5.78 Å². The normalized spacial score (nSPS) is 33.6. The molecule has 18 heavy (non-hydrogen) atoms. The van der Waals surface area contributed by atoms with Crippen molar-refractivity contribution in [3.8, 4) is 0 Å². The maximum absolute atomic E-state index is 12.5. The van der Waals surface area contributed by atoms with Gasteiger partial charge in [0, 0.05) is 11.5 Å². The van der Waals surface area contributed by atoms with E-state index < -0.39 is 11.9 Å². The average Bonchev–Trinajstić information content (AvgIpc) is 2.99. The number of ketones is 1. The van der Waals surface area contributed by atoms with E-state index in [-0.39, 0.29) is 23.5 Å². The van der Waals surface area contributed by atoms with Crippen molar-refractivity contribution < 1.29 is 14.7 Å². The highest BCUT2D eigenvalue weighted by atomic mass is 16.4. The molecule has 3 nitrogen and oxygen atoms in total. The molecule has 1 aromatic carbocycles. The largest absolute Gasteiger partial charge is 0.481 e. The van der Waals surface area contributed by atoms with Gasteiger partial charge in [0.05, 0.1) is 5.92 Å². The molecule has 94 valence electrons. The molecule has 2 fully saturated rings. The Morgan fingerprint density at radius 1 is 1.00 bits per heavy atom. The summed E-state index contributed by atoms with van der Waals surface area (Å²) >= 11 is 0. The number of hydrogen-bond acceptors (Lipinski definition) is 2. The van der Waals surface area contributed by atoms with E-state index in [0.717, 1.165) is 19.3 Å². The summed E-state index contributed by atoms with van der Waals surface area (Å²) in [4.78, 5) is 23.9. The summed E-state index contributed by atoms with van der Waals surface area (Å²) in [6, 6.07) is 9.10. The molecule has 0 saturated heterocycles. The molecule has 0 radical (unpaired) electrons. The van der Waals surface area contributed by atoms with Crippen LogP contribution in [0.15, 0.2) is 30.3 Å². The van der Waals surface area contributed by atoms with Gasteiger partial charge in [-0.1, -0.05) is 30.3 Å². The predicted octanol–water partition coefficient (Wildman–Crippen LogP) is 2.62. The predicted molar refractivity (Wildman–Crippen MR) is 66.2 cm³/mol. The number of benzene rings is 1. The van der Waals surface area contributed by atoms with E-state index in [2.05, 4.69) is 0 Å². The Morgan fingerprint density at radius 2 is 1.61 bits per heavy atom. The van der Waals surface area contributed by atoms with Crippen LogP contribution in [0.4, 0.5) is 0 Å². The van der Waals surface area contributed by atoms with Gasteiger partial charge in [-0.05, 0) is 31.1 Å². The molecule has 2 aliphatic carbocycles. The number of carbonyl (C=O) groups excluding carboxylic acids is 1. The molecule has 2 aliphatic rings. The Balaban J connectivity index is 1.91. The zero-order valence-electron chi connectivity index (χ0n) is 10.1. The minimum atomic E-state index is -0.795. The molecule has 4 atom stereocenters. The van der Waals surface area contributed by atoms with Crippen molar-refractivity contribution in [1.82, 2.24) is 0 Å². The van der Waals surface area contributed by atoms with Crippen LogP contribution < -0.4 is 0 Å². The smallest absolute Gasteiger partial charge is 0.307 e. The lowest BCUT2D eigenvalue weighted by molar-refractivity contribution is -0.144. The second kappa shape index (κ2) is 4.23. The first-order valence-corrected chi connectivity index (χ1v) is 6.50. The summed E-state index contributed by atoms with van der Waals surface area (Å²) in [6.07, 6.45) is 2.90. The van der Waals surface area contributed by atoms with Crippen LogP contribution in [0.3, 0.4) is 0 Å². The molecular formula is C15H16O3. The van der Waals surface area contributed by atoms with Gasteiger partial charge < -0.3 is 5.11 Å². The fourth-order valence-electron chi connectivity index (χ4n) is 3.82. The number of hydrogen-bond donors (Lipinski definition) is 1. The summed E-state index contributed by atoms with van der Waals surface area (Å²) in [7, 11) is 0. The van der Waals surface area contributed by atoms with E-state index in [1.54, 1.807) is 12.1 Å². The average molecular weight is 244 g/mol. The van der Waals surface area contributed by atoms with E-state index in [9.17, 15) is 14.7 Å². The number of Topliss-reactive ketones (excluding diaryl/α,β-unsaturated/α-hetero) is 1. The Hall–Kier alpha value is -1.64. The van der Waals surface area contributed by atoms with Gasteiger partial charge in [-0.15, -0.1) is 0 Å². The van der Waals surface area contributed by atoms with Gasteiger partial charge in [-0.3, -0.25) is 9.59 Å². The molecular weight excluding hydrogens is 228 g/mol. The minimum absolute atomic E-state index is 0.0233. The van der Waals surface area contributed by atoms with Crippen LogP contribution in [0.1, 0.15) is 29.6 Å². The fraction of sp³-hybridized carbons (Fsp3) is 0.467. The van der Waals surface area contributed by atoms with Gasteiger partial charge in [-0.25, -0.2) is 0 Å².